The highest BCUT2D eigenvalue weighted by Gasteiger charge is 2.28. The topological polar surface area (TPSA) is 67.2 Å². The molecule has 1 atom stereocenters. The predicted molar refractivity (Wildman–Crippen MR) is 64.1 cm³/mol. The smallest absolute Gasteiger partial charge is 0.354 e. The van der Waals surface area contributed by atoms with Crippen LogP contribution in [0.25, 0.3) is 0 Å². The molecule has 17 heavy (non-hydrogen) atoms. The van der Waals surface area contributed by atoms with Crippen LogP contribution in [-0.4, -0.2) is 27.2 Å². The minimum Gasteiger partial charge on any atom is -0.477 e. The maximum atomic E-state index is 11.4. The van der Waals surface area contributed by atoms with Crippen LogP contribution in [0.5, 0.6) is 0 Å². The summed E-state index contributed by atoms with van der Waals surface area (Å²) < 4.78 is 1.84. The van der Waals surface area contributed by atoms with Gasteiger partial charge in [0.1, 0.15) is 5.82 Å². The van der Waals surface area contributed by atoms with E-state index in [0.29, 0.717) is 24.7 Å². The Hall–Kier alpha value is -1.36. The molecule has 0 fully saturated rings. The molecule has 1 aromatic heterocycles. The van der Waals surface area contributed by atoms with Gasteiger partial charge in [-0.05, 0) is 5.92 Å². The number of rotatable bonds is 3. The summed E-state index contributed by atoms with van der Waals surface area (Å²) in [6, 6.07) is 0. The molecule has 5 nitrogen and oxygen atoms in total. The molecule has 1 unspecified atom stereocenters. The standard InChI is InChI=1S/C12H19N3O2/c1-7(2)8(3)10-11(12(16)17)15-5-4-13-6-9(15)14-10/h7-8,13H,4-6H2,1-3H3,(H,16,17). The quantitative estimate of drug-likeness (QED) is 0.835. The molecule has 0 radical (unpaired) electrons. The Labute approximate surface area is 101 Å². The molecule has 0 aromatic carbocycles. The summed E-state index contributed by atoms with van der Waals surface area (Å²) in [5.74, 6) is 0.529. The van der Waals surface area contributed by atoms with Gasteiger partial charge in [0.25, 0.3) is 0 Å². The van der Waals surface area contributed by atoms with E-state index in [1.54, 1.807) is 0 Å². The van der Waals surface area contributed by atoms with E-state index in [4.69, 9.17) is 0 Å². The van der Waals surface area contributed by atoms with E-state index in [-0.39, 0.29) is 5.92 Å². The van der Waals surface area contributed by atoms with Crippen LogP contribution in [0.1, 0.15) is 48.7 Å². The van der Waals surface area contributed by atoms with Crippen LogP contribution >= 0.6 is 0 Å². The summed E-state index contributed by atoms with van der Waals surface area (Å²) in [6.07, 6.45) is 0. The van der Waals surface area contributed by atoms with E-state index in [1.807, 2.05) is 11.5 Å². The van der Waals surface area contributed by atoms with Crippen LogP contribution < -0.4 is 5.32 Å². The Morgan fingerprint density at radius 2 is 2.18 bits per heavy atom. The third kappa shape index (κ3) is 2.07. The summed E-state index contributed by atoms with van der Waals surface area (Å²) in [5.41, 5.74) is 1.11. The molecule has 0 aliphatic carbocycles. The zero-order valence-electron chi connectivity index (χ0n) is 10.5. The van der Waals surface area contributed by atoms with Crippen molar-refractivity contribution in [2.45, 2.75) is 39.8 Å². The number of imidazole rings is 1. The van der Waals surface area contributed by atoms with E-state index >= 15 is 0 Å². The van der Waals surface area contributed by atoms with Gasteiger partial charge in [-0.3, -0.25) is 0 Å². The SMILES string of the molecule is CC(C)C(C)c1nc2n(c1C(=O)O)CCNC2. The Kier molecular flexibility index (Phi) is 3.19. The summed E-state index contributed by atoms with van der Waals surface area (Å²) in [4.78, 5) is 15.9. The molecular weight excluding hydrogens is 218 g/mol. The number of aromatic nitrogens is 2. The highest BCUT2D eigenvalue weighted by molar-refractivity contribution is 5.87. The van der Waals surface area contributed by atoms with Crippen molar-refractivity contribution in [3.05, 3.63) is 17.2 Å². The van der Waals surface area contributed by atoms with Gasteiger partial charge < -0.3 is 15.0 Å². The predicted octanol–water partition coefficient (Wildman–Crippen LogP) is 1.44. The van der Waals surface area contributed by atoms with Gasteiger partial charge in [0.2, 0.25) is 0 Å². The molecule has 2 heterocycles. The number of carboxylic acid groups (broad SMARTS) is 1. The maximum Gasteiger partial charge on any atom is 0.354 e. The molecule has 0 bridgehead atoms. The lowest BCUT2D eigenvalue weighted by atomic mass is 9.93. The van der Waals surface area contributed by atoms with Crippen molar-refractivity contribution in [3.8, 4) is 0 Å². The van der Waals surface area contributed by atoms with Gasteiger partial charge in [0, 0.05) is 19.0 Å². The lowest BCUT2D eigenvalue weighted by Crippen LogP contribution is -2.29. The number of carbonyl (C=O) groups is 1. The molecule has 1 aliphatic rings. The lowest BCUT2D eigenvalue weighted by Gasteiger charge is -2.17. The first-order valence-electron chi connectivity index (χ1n) is 6.05. The number of nitrogens with zero attached hydrogens (tertiary/aromatic N) is 2. The maximum absolute atomic E-state index is 11.4. The molecule has 0 saturated heterocycles. The summed E-state index contributed by atoms with van der Waals surface area (Å²) in [5, 5.41) is 12.6. The Balaban J connectivity index is 2.51. The fraction of sp³-hybridized carbons (Fsp3) is 0.667. The summed E-state index contributed by atoms with van der Waals surface area (Å²) in [7, 11) is 0. The molecule has 1 aliphatic heterocycles. The van der Waals surface area contributed by atoms with Crippen molar-refractivity contribution >= 4 is 5.97 Å². The highest BCUT2D eigenvalue weighted by atomic mass is 16.4. The molecular formula is C12H19N3O2. The molecule has 2 N–H and O–H groups in total. The van der Waals surface area contributed by atoms with Crippen LogP contribution in [-0.2, 0) is 13.1 Å². The number of hydrogen-bond acceptors (Lipinski definition) is 3. The molecule has 0 amide bonds. The molecule has 1 aromatic rings. The van der Waals surface area contributed by atoms with Crippen LogP contribution in [0.3, 0.4) is 0 Å². The second-order valence-electron chi connectivity index (χ2n) is 4.93. The zero-order valence-corrected chi connectivity index (χ0v) is 10.5. The van der Waals surface area contributed by atoms with E-state index < -0.39 is 5.97 Å². The first-order chi connectivity index (χ1) is 8.02. The Morgan fingerprint density at radius 1 is 1.47 bits per heavy atom. The number of nitrogens with one attached hydrogen (secondary N) is 1. The number of carboxylic acids is 1. The first-order valence-corrected chi connectivity index (χ1v) is 6.05. The fourth-order valence-electron chi connectivity index (χ4n) is 2.14. The van der Waals surface area contributed by atoms with Gasteiger partial charge in [-0.1, -0.05) is 20.8 Å². The van der Waals surface area contributed by atoms with E-state index in [0.717, 1.165) is 18.1 Å². The normalized spacial score (nSPS) is 16.9. The molecule has 0 spiro atoms. The number of aromatic carboxylic acids is 1. The van der Waals surface area contributed by atoms with Crippen molar-refractivity contribution in [2.75, 3.05) is 6.54 Å². The largest absolute Gasteiger partial charge is 0.477 e. The van der Waals surface area contributed by atoms with Gasteiger partial charge in [0.15, 0.2) is 5.69 Å². The summed E-state index contributed by atoms with van der Waals surface area (Å²) in [6.45, 7) is 8.37. The Morgan fingerprint density at radius 3 is 2.76 bits per heavy atom. The average molecular weight is 237 g/mol. The molecule has 0 saturated carbocycles. The first kappa shape index (κ1) is 12.1. The molecule has 5 heteroatoms. The second-order valence-corrected chi connectivity index (χ2v) is 4.93. The van der Waals surface area contributed by atoms with Gasteiger partial charge >= 0.3 is 5.97 Å². The number of fused-ring (bicyclic) bond motifs is 1. The van der Waals surface area contributed by atoms with Gasteiger partial charge in [-0.15, -0.1) is 0 Å². The molecule has 2 rings (SSSR count). The third-order valence-electron chi connectivity index (χ3n) is 3.50. The van der Waals surface area contributed by atoms with Gasteiger partial charge in [-0.2, -0.15) is 0 Å². The third-order valence-corrected chi connectivity index (χ3v) is 3.50. The van der Waals surface area contributed by atoms with Crippen molar-refractivity contribution in [1.82, 2.24) is 14.9 Å². The van der Waals surface area contributed by atoms with E-state index in [2.05, 4.69) is 24.1 Å². The van der Waals surface area contributed by atoms with Crippen molar-refractivity contribution in [1.29, 1.82) is 0 Å². The van der Waals surface area contributed by atoms with Gasteiger partial charge in [-0.25, -0.2) is 9.78 Å². The van der Waals surface area contributed by atoms with Crippen molar-refractivity contribution in [2.24, 2.45) is 5.92 Å². The van der Waals surface area contributed by atoms with Crippen LogP contribution in [0.15, 0.2) is 0 Å². The van der Waals surface area contributed by atoms with E-state index in [1.165, 1.54) is 0 Å². The van der Waals surface area contributed by atoms with E-state index in [9.17, 15) is 9.90 Å². The molecule has 94 valence electrons. The summed E-state index contributed by atoms with van der Waals surface area (Å²) >= 11 is 0. The lowest BCUT2D eigenvalue weighted by molar-refractivity contribution is 0.0681. The van der Waals surface area contributed by atoms with Crippen LogP contribution in [0.4, 0.5) is 0 Å². The van der Waals surface area contributed by atoms with Gasteiger partial charge in [0.05, 0.1) is 12.2 Å². The second kappa shape index (κ2) is 4.49. The Bertz CT molecular complexity index is 437. The monoisotopic (exact) mass is 237 g/mol. The average Bonchev–Trinajstić information content (AvgIpc) is 2.66. The minimum absolute atomic E-state index is 0.166. The van der Waals surface area contributed by atoms with Crippen LogP contribution in [0, 0.1) is 5.92 Å². The fourth-order valence-corrected chi connectivity index (χ4v) is 2.14. The van der Waals surface area contributed by atoms with Crippen molar-refractivity contribution < 1.29 is 9.90 Å². The number of hydrogen-bond donors (Lipinski definition) is 2. The minimum atomic E-state index is -0.867. The highest BCUT2D eigenvalue weighted by Crippen LogP contribution is 2.27. The van der Waals surface area contributed by atoms with Crippen LogP contribution in [0.2, 0.25) is 0 Å². The zero-order chi connectivity index (χ0) is 12.6. The van der Waals surface area contributed by atoms with Crippen molar-refractivity contribution in [3.63, 3.8) is 0 Å².